The second-order valence-electron chi connectivity index (χ2n) is 4.37. The summed E-state index contributed by atoms with van der Waals surface area (Å²) in [6, 6.07) is 8.80. The number of pyridine rings is 1. The Morgan fingerprint density at radius 2 is 2.05 bits per heavy atom. The summed E-state index contributed by atoms with van der Waals surface area (Å²) >= 11 is 3.36. The summed E-state index contributed by atoms with van der Waals surface area (Å²) in [7, 11) is 0. The highest BCUT2D eigenvalue weighted by Gasteiger charge is 2.07. The van der Waals surface area contributed by atoms with E-state index in [0.29, 0.717) is 11.3 Å². The van der Waals surface area contributed by atoms with Gasteiger partial charge in [0.15, 0.2) is 12.4 Å². The van der Waals surface area contributed by atoms with Crippen molar-refractivity contribution in [2.75, 3.05) is 6.61 Å². The van der Waals surface area contributed by atoms with Gasteiger partial charge in [0.2, 0.25) is 0 Å². The zero-order valence-corrected chi connectivity index (χ0v) is 13.4. The Labute approximate surface area is 136 Å². The van der Waals surface area contributed by atoms with Crippen LogP contribution in [0.4, 0.5) is 0 Å². The molecule has 0 aliphatic rings. The summed E-state index contributed by atoms with van der Waals surface area (Å²) in [6.07, 6.45) is 3.14. The molecule has 2 rings (SSSR count). The lowest BCUT2D eigenvalue weighted by Crippen LogP contribution is -2.18. The van der Waals surface area contributed by atoms with Crippen LogP contribution in [0.1, 0.15) is 11.1 Å². The van der Waals surface area contributed by atoms with E-state index in [1.165, 1.54) is 0 Å². The summed E-state index contributed by atoms with van der Waals surface area (Å²) in [6.45, 7) is 1.63. The van der Waals surface area contributed by atoms with Crippen LogP contribution in [-0.2, 0) is 9.63 Å². The van der Waals surface area contributed by atoms with Gasteiger partial charge in [-0.1, -0.05) is 21.1 Å². The number of aryl methyl sites for hydroxylation is 1. The number of oxime groups is 1. The number of hydrogen-bond acceptors (Lipinski definition) is 5. The third kappa shape index (κ3) is 4.56. The summed E-state index contributed by atoms with van der Waals surface area (Å²) in [5, 5.41) is 3.57. The van der Waals surface area contributed by atoms with Crippen LogP contribution in [0.15, 0.2) is 52.4 Å². The highest BCUT2D eigenvalue weighted by molar-refractivity contribution is 9.10. The van der Waals surface area contributed by atoms with E-state index in [2.05, 4.69) is 26.1 Å². The van der Waals surface area contributed by atoms with Crippen LogP contribution in [-0.4, -0.2) is 23.4 Å². The van der Waals surface area contributed by atoms with Gasteiger partial charge in [-0.15, -0.1) is 0 Å². The predicted molar refractivity (Wildman–Crippen MR) is 85.4 cm³/mol. The number of nitrogens with two attached hydrogens (primary N) is 1. The molecule has 22 heavy (non-hydrogen) atoms. The van der Waals surface area contributed by atoms with Gasteiger partial charge in [-0.05, 0) is 42.8 Å². The Morgan fingerprint density at radius 3 is 2.73 bits per heavy atom. The molecule has 0 atom stereocenters. The molecular formula is C15H14BrN3O3. The Morgan fingerprint density at radius 1 is 1.32 bits per heavy atom. The number of halogens is 1. The molecule has 0 saturated carbocycles. The second-order valence-corrected chi connectivity index (χ2v) is 5.29. The Bertz CT molecular complexity index is 690. The largest absolute Gasteiger partial charge is 0.482 e. The molecule has 0 unspecified atom stereocenters. The molecule has 0 aliphatic carbocycles. The van der Waals surface area contributed by atoms with Crippen LogP contribution in [0.25, 0.3) is 0 Å². The SMILES string of the molecule is Cc1cc(Br)ccc1OCC(=O)O/N=C(\N)c1ccncc1. The predicted octanol–water partition coefficient (Wildman–Crippen LogP) is 2.40. The molecule has 6 nitrogen and oxygen atoms in total. The van der Waals surface area contributed by atoms with Gasteiger partial charge in [-0.25, -0.2) is 4.79 Å². The van der Waals surface area contributed by atoms with Crippen molar-refractivity contribution in [1.82, 2.24) is 4.98 Å². The summed E-state index contributed by atoms with van der Waals surface area (Å²) in [5.41, 5.74) is 7.21. The minimum absolute atomic E-state index is 0.0931. The maximum Gasteiger partial charge on any atom is 0.372 e. The van der Waals surface area contributed by atoms with Crippen LogP contribution in [0.5, 0.6) is 5.75 Å². The van der Waals surface area contributed by atoms with Gasteiger partial charge in [-0.3, -0.25) is 4.98 Å². The van der Waals surface area contributed by atoms with E-state index in [1.54, 1.807) is 30.6 Å². The lowest BCUT2D eigenvalue weighted by atomic mass is 10.2. The van der Waals surface area contributed by atoms with E-state index in [4.69, 9.17) is 15.3 Å². The minimum atomic E-state index is -0.640. The third-order valence-corrected chi connectivity index (χ3v) is 3.20. The van der Waals surface area contributed by atoms with Crippen LogP contribution in [0.2, 0.25) is 0 Å². The van der Waals surface area contributed by atoms with Gasteiger partial charge in [0.25, 0.3) is 0 Å². The topological polar surface area (TPSA) is 86.8 Å². The van der Waals surface area contributed by atoms with Crippen molar-refractivity contribution >= 4 is 27.7 Å². The molecule has 2 aromatic rings. The monoisotopic (exact) mass is 363 g/mol. The summed E-state index contributed by atoms with van der Waals surface area (Å²) in [4.78, 5) is 20.2. The van der Waals surface area contributed by atoms with E-state index in [1.807, 2.05) is 19.1 Å². The highest BCUT2D eigenvalue weighted by atomic mass is 79.9. The molecule has 7 heteroatoms. The van der Waals surface area contributed by atoms with Crippen molar-refractivity contribution in [3.63, 3.8) is 0 Å². The number of carbonyl (C=O) groups is 1. The summed E-state index contributed by atoms with van der Waals surface area (Å²) < 4.78 is 6.32. The quantitative estimate of drug-likeness (QED) is 0.381. The van der Waals surface area contributed by atoms with Gasteiger partial charge in [0.05, 0.1) is 0 Å². The number of hydrogen-bond donors (Lipinski definition) is 1. The van der Waals surface area contributed by atoms with E-state index in [0.717, 1.165) is 10.0 Å². The van der Waals surface area contributed by atoms with Crippen molar-refractivity contribution in [1.29, 1.82) is 0 Å². The van der Waals surface area contributed by atoms with Crippen molar-refractivity contribution in [2.24, 2.45) is 10.9 Å². The van der Waals surface area contributed by atoms with Gasteiger partial charge in [0.1, 0.15) is 5.75 Å². The third-order valence-electron chi connectivity index (χ3n) is 2.70. The standard InChI is InChI=1S/C15H14BrN3O3/c1-10-8-12(16)2-3-13(10)21-9-14(20)22-19-15(17)11-4-6-18-7-5-11/h2-8H,9H2,1H3,(H2,17,19). The van der Waals surface area contributed by atoms with Crippen molar-refractivity contribution < 1.29 is 14.4 Å². The van der Waals surface area contributed by atoms with Gasteiger partial charge in [0, 0.05) is 22.4 Å². The molecule has 2 N–H and O–H groups in total. The molecule has 1 aromatic carbocycles. The number of benzene rings is 1. The highest BCUT2D eigenvalue weighted by Crippen LogP contribution is 2.22. The molecule has 0 radical (unpaired) electrons. The number of ether oxygens (including phenoxy) is 1. The molecular weight excluding hydrogens is 350 g/mol. The normalized spacial score (nSPS) is 11.1. The van der Waals surface area contributed by atoms with Crippen molar-refractivity contribution in [2.45, 2.75) is 6.92 Å². The Balaban J connectivity index is 1.88. The van der Waals surface area contributed by atoms with E-state index in [9.17, 15) is 4.79 Å². The van der Waals surface area contributed by atoms with E-state index < -0.39 is 5.97 Å². The van der Waals surface area contributed by atoms with E-state index >= 15 is 0 Å². The lowest BCUT2D eigenvalue weighted by molar-refractivity contribution is -0.146. The summed E-state index contributed by atoms with van der Waals surface area (Å²) in [5.74, 6) is 0.0566. The average molecular weight is 364 g/mol. The molecule has 114 valence electrons. The number of aromatic nitrogens is 1. The smallest absolute Gasteiger partial charge is 0.372 e. The zero-order valence-electron chi connectivity index (χ0n) is 11.8. The van der Waals surface area contributed by atoms with Crippen molar-refractivity contribution in [3.05, 3.63) is 58.3 Å². The van der Waals surface area contributed by atoms with Crippen LogP contribution < -0.4 is 10.5 Å². The fraction of sp³-hybridized carbons (Fsp3) is 0.133. The molecule has 0 fully saturated rings. The number of amidine groups is 1. The van der Waals surface area contributed by atoms with Crippen LogP contribution >= 0.6 is 15.9 Å². The second kappa shape index (κ2) is 7.56. The fourth-order valence-corrected chi connectivity index (χ4v) is 2.09. The van der Waals surface area contributed by atoms with Crippen LogP contribution in [0, 0.1) is 6.92 Å². The molecule has 0 amide bonds. The molecule has 0 saturated heterocycles. The molecule has 0 aliphatic heterocycles. The van der Waals surface area contributed by atoms with Gasteiger partial charge < -0.3 is 15.3 Å². The number of nitrogens with zero attached hydrogens (tertiary/aromatic N) is 2. The average Bonchev–Trinajstić information content (AvgIpc) is 2.52. The molecule has 0 spiro atoms. The first-order valence-corrected chi connectivity index (χ1v) is 7.18. The molecule has 1 aromatic heterocycles. The lowest BCUT2D eigenvalue weighted by Gasteiger charge is -2.07. The Kier molecular flexibility index (Phi) is 5.48. The first-order chi connectivity index (χ1) is 10.6. The first kappa shape index (κ1) is 16.0. The van der Waals surface area contributed by atoms with Crippen LogP contribution in [0.3, 0.4) is 0 Å². The number of carbonyl (C=O) groups excluding carboxylic acids is 1. The number of rotatable bonds is 5. The maximum absolute atomic E-state index is 11.6. The van der Waals surface area contributed by atoms with Gasteiger partial charge in [-0.2, -0.15) is 0 Å². The Hall–Kier alpha value is -2.41. The first-order valence-electron chi connectivity index (χ1n) is 6.39. The molecule has 1 heterocycles. The zero-order chi connectivity index (χ0) is 15.9. The minimum Gasteiger partial charge on any atom is -0.482 e. The van der Waals surface area contributed by atoms with E-state index in [-0.39, 0.29) is 12.4 Å². The fourth-order valence-electron chi connectivity index (χ4n) is 1.61. The van der Waals surface area contributed by atoms with Crippen molar-refractivity contribution in [3.8, 4) is 5.75 Å². The maximum atomic E-state index is 11.6. The van der Waals surface area contributed by atoms with Gasteiger partial charge >= 0.3 is 5.97 Å². The molecule has 0 bridgehead atoms.